The standard InChI is InChI=1S/C12H17NO.ClH/c1-8(2)6-11(13)10-5-4-9(3)7-12(10)14;/h4-5,7,11,14H,1,6,13H2,2-3H3;1H/t11-;/m1./s1. The van der Waals surface area contributed by atoms with Gasteiger partial charge in [0.1, 0.15) is 5.75 Å². The van der Waals surface area contributed by atoms with Gasteiger partial charge in [-0.25, -0.2) is 0 Å². The summed E-state index contributed by atoms with van der Waals surface area (Å²) in [6, 6.07) is 5.40. The Labute approximate surface area is 97.2 Å². The second-order valence-corrected chi connectivity index (χ2v) is 3.83. The highest BCUT2D eigenvalue weighted by Crippen LogP contribution is 2.27. The SMILES string of the molecule is C=C(C)C[C@@H](N)c1ccc(C)cc1O.Cl. The van der Waals surface area contributed by atoms with Crippen molar-refractivity contribution >= 4 is 12.4 Å². The third kappa shape index (κ3) is 3.94. The smallest absolute Gasteiger partial charge is 0.120 e. The molecule has 0 heterocycles. The second-order valence-electron chi connectivity index (χ2n) is 3.83. The quantitative estimate of drug-likeness (QED) is 0.780. The van der Waals surface area contributed by atoms with Crippen LogP contribution in [0.25, 0.3) is 0 Å². The monoisotopic (exact) mass is 227 g/mol. The highest BCUT2D eigenvalue weighted by atomic mass is 35.5. The van der Waals surface area contributed by atoms with E-state index >= 15 is 0 Å². The van der Waals surface area contributed by atoms with Crippen molar-refractivity contribution in [3.05, 3.63) is 41.5 Å². The van der Waals surface area contributed by atoms with Crippen molar-refractivity contribution in [2.45, 2.75) is 26.3 Å². The van der Waals surface area contributed by atoms with E-state index < -0.39 is 0 Å². The van der Waals surface area contributed by atoms with Crippen LogP contribution in [-0.2, 0) is 0 Å². The zero-order valence-electron chi connectivity index (χ0n) is 9.16. The number of benzene rings is 1. The molecule has 0 amide bonds. The summed E-state index contributed by atoms with van der Waals surface area (Å²) in [6.45, 7) is 7.68. The minimum atomic E-state index is -0.159. The van der Waals surface area contributed by atoms with Gasteiger partial charge < -0.3 is 10.8 Å². The summed E-state index contributed by atoms with van der Waals surface area (Å²) in [5.41, 5.74) is 8.78. The Kier molecular flexibility index (Phi) is 5.40. The molecule has 84 valence electrons. The Hall–Kier alpha value is -0.990. The van der Waals surface area contributed by atoms with Gasteiger partial charge in [-0.1, -0.05) is 17.7 Å². The Morgan fingerprint density at radius 1 is 1.53 bits per heavy atom. The molecule has 15 heavy (non-hydrogen) atoms. The summed E-state index contributed by atoms with van der Waals surface area (Å²) in [5, 5.41) is 9.66. The number of rotatable bonds is 3. The number of hydrogen-bond donors (Lipinski definition) is 2. The van der Waals surface area contributed by atoms with Gasteiger partial charge >= 0.3 is 0 Å². The summed E-state index contributed by atoms with van der Waals surface area (Å²) in [5.74, 6) is 0.277. The van der Waals surface area contributed by atoms with Crippen LogP contribution in [0.1, 0.15) is 30.5 Å². The van der Waals surface area contributed by atoms with Gasteiger partial charge in [-0.05, 0) is 31.9 Å². The molecule has 0 unspecified atom stereocenters. The summed E-state index contributed by atoms with van der Waals surface area (Å²) < 4.78 is 0. The normalized spacial score (nSPS) is 11.7. The molecule has 0 radical (unpaired) electrons. The van der Waals surface area contributed by atoms with Crippen LogP contribution in [0.5, 0.6) is 5.75 Å². The molecule has 0 aliphatic heterocycles. The number of phenolic OH excluding ortho intramolecular Hbond substituents is 1. The highest BCUT2D eigenvalue weighted by Gasteiger charge is 2.10. The predicted octanol–water partition coefficient (Wildman–Crippen LogP) is 3.09. The molecule has 0 fully saturated rings. The van der Waals surface area contributed by atoms with Crippen molar-refractivity contribution in [1.29, 1.82) is 0 Å². The second kappa shape index (κ2) is 5.79. The Balaban J connectivity index is 0.00000196. The van der Waals surface area contributed by atoms with Gasteiger partial charge in [0.05, 0.1) is 0 Å². The molecular formula is C12H18ClNO. The van der Waals surface area contributed by atoms with Gasteiger partial charge in [0.15, 0.2) is 0 Å². The molecular weight excluding hydrogens is 210 g/mol. The molecule has 0 aliphatic carbocycles. The fourth-order valence-corrected chi connectivity index (χ4v) is 1.45. The zero-order chi connectivity index (χ0) is 10.7. The summed E-state index contributed by atoms with van der Waals surface area (Å²) in [4.78, 5) is 0. The lowest BCUT2D eigenvalue weighted by molar-refractivity contribution is 0.460. The van der Waals surface area contributed by atoms with E-state index in [4.69, 9.17) is 5.73 Å². The van der Waals surface area contributed by atoms with Crippen LogP contribution in [0.4, 0.5) is 0 Å². The van der Waals surface area contributed by atoms with Gasteiger partial charge in [-0.2, -0.15) is 0 Å². The van der Waals surface area contributed by atoms with Gasteiger partial charge in [-0.15, -0.1) is 19.0 Å². The molecule has 0 spiro atoms. The van der Waals surface area contributed by atoms with Gasteiger partial charge in [-0.3, -0.25) is 0 Å². The molecule has 1 atom stereocenters. The molecule has 3 N–H and O–H groups in total. The van der Waals surface area contributed by atoms with Crippen molar-refractivity contribution in [1.82, 2.24) is 0 Å². The fraction of sp³-hybridized carbons (Fsp3) is 0.333. The highest BCUT2D eigenvalue weighted by molar-refractivity contribution is 5.85. The molecule has 0 bridgehead atoms. The van der Waals surface area contributed by atoms with Crippen molar-refractivity contribution in [3.63, 3.8) is 0 Å². The molecule has 0 saturated carbocycles. The molecule has 0 aromatic heterocycles. The van der Waals surface area contributed by atoms with Crippen LogP contribution in [0.2, 0.25) is 0 Å². The summed E-state index contributed by atoms with van der Waals surface area (Å²) in [7, 11) is 0. The topological polar surface area (TPSA) is 46.2 Å². The number of halogens is 1. The first-order chi connectivity index (χ1) is 6.50. The van der Waals surface area contributed by atoms with Crippen LogP contribution < -0.4 is 5.73 Å². The minimum Gasteiger partial charge on any atom is -0.508 e. The third-order valence-corrected chi connectivity index (χ3v) is 2.15. The van der Waals surface area contributed by atoms with Crippen LogP contribution >= 0.6 is 12.4 Å². The zero-order valence-corrected chi connectivity index (χ0v) is 9.97. The van der Waals surface area contributed by atoms with E-state index in [1.807, 2.05) is 26.0 Å². The van der Waals surface area contributed by atoms with Crippen molar-refractivity contribution in [3.8, 4) is 5.75 Å². The van der Waals surface area contributed by atoms with E-state index in [9.17, 15) is 5.11 Å². The van der Waals surface area contributed by atoms with Crippen LogP contribution in [0.3, 0.4) is 0 Å². The molecule has 2 nitrogen and oxygen atoms in total. The number of aryl methyl sites for hydroxylation is 1. The van der Waals surface area contributed by atoms with E-state index in [1.165, 1.54) is 0 Å². The average molecular weight is 228 g/mol. The number of hydrogen-bond acceptors (Lipinski definition) is 2. The van der Waals surface area contributed by atoms with Crippen LogP contribution in [-0.4, -0.2) is 5.11 Å². The van der Waals surface area contributed by atoms with Gasteiger partial charge in [0.25, 0.3) is 0 Å². The molecule has 0 saturated heterocycles. The largest absolute Gasteiger partial charge is 0.508 e. The molecule has 1 rings (SSSR count). The number of aromatic hydroxyl groups is 1. The maximum atomic E-state index is 9.66. The van der Waals surface area contributed by atoms with Crippen molar-refractivity contribution in [2.24, 2.45) is 5.73 Å². The molecule has 1 aromatic carbocycles. The Morgan fingerprint density at radius 2 is 2.13 bits per heavy atom. The Morgan fingerprint density at radius 3 is 2.60 bits per heavy atom. The lowest BCUT2D eigenvalue weighted by atomic mass is 9.99. The number of phenols is 1. The van der Waals surface area contributed by atoms with E-state index in [1.54, 1.807) is 6.07 Å². The van der Waals surface area contributed by atoms with E-state index in [-0.39, 0.29) is 24.2 Å². The first-order valence-electron chi connectivity index (χ1n) is 4.70. The number of nitrogens with two attached hydrogens (primary N) is 1. The first kappa shape index (κ1) is 14.0. The van der Waals surface area contributed by atoms with Crippen molar-refractivity contribution < 1.29 is 5.11 Å². The lowest BCUT2D eigenvalue weighted by Crippen LogP contribution is -2.10. The van der Waals surface area contributed by atoms with E-state index in [2.05, 4.69) is 6.58 Å². The minimum absolute atomic E-state index is 0. The molecule has 0 aliphatic rings. The predicted molar refractivity (Wildman–Crippen MR) is 66.5 cm³/mol. The molecule has 1 aromatic rings. The van der Waals surface area contributed by atoms with Gasteiger partial charge in [0, 0.05) is 11.6 Å². The van der Waals surface area contributed by atoms with E-state index in [0.717, 1.165) is 16.7 Å². The average Bonchev–Trinajstić information content (AvgIpc) is 2.01. The molecule has 3 heteroatoms. The van der Waals surface area contributed by atoms with Gasteiger partial charge in [0.2, 0.25) is 0 Å². The summed E-state index contributed by atoms with van der Waals surface area (Å²) >= 11 is 0. The maximum Gasteiger partial charge on any atom is 0.120 e. The van der Waals surface area contributed by atoms with Crippen molar-refractivity contribution in [2.75, 3.05) is 0 Å². The van der Waals surface area contributed by atoms with Crippen LogP contribution in [0, 0.1) is 6.92 Å². The Bertz CT molecular complexity index is 349. The van der Waals surface area contributed by atoms with Crippen LogP contribution in [0.15, 0.2) is 30.4 Å². The maximum absolute atomic E-state index is 9.66. The first-order valence-corrected chi connectivity index (χ1v) is 4.70. The lowest BCUT2D eigenvalue weighted by Gasteiger charge is -2.13. The van der Waals surface area contributed by atoms with E-state index in [0.29, 0.717) is 6.42 Å². The summed E-state index contributed by atoms with van der Waals surface area (Å²) in [6.07, 6.45) is 0.705. The fourth-order valence-electron chi connectivity index (χ4n) is 1.45. The third-order valence-electron chi connectivity index (χ3n) is 2.15.